The molecule has 2 amide bonds. The molecule has 0 saturated heterocycles. The van der Waals surface area contributed by atoms with Gasteiger partial charge in [0.05, 0.1) is 30.3 Å². The molecule has 1 atom stereocenters. The molecule has 0 saturated carbocycles. The van der Waals surface area contributed by atoms with Gasteiger partial charge in [-0.1, -0.05) is 43.7 Å². The summed E-state index contributed by atoms with van der Waals surface area (Å²) in [6.07, 6.45) is 1.09. The molecule has 1 aliphatic heterocycles. The molecule has 180 valence electrons. The van der Waals surface area contributed by atoms with E-state index in [0.717, 1.165) is 5.56 Å². The first kappa shape index (κ1) is 24.6. The maximum Gasteiger partial charge on any atom is 0.338 e. The van der Waals surface area contributed by atoms with E-state index < -0.39 is 23.0 Å². The Morgan fingerprint density at radius 1 is 1.18 bits per heavy atom. The minimum absolute atomic E-state index is 0.0455. The zero-order valence-electron chi connectivity index (χ0n) is 19.3. The maximum absolute atomic E-state index is 12.8. The number of hydrogen-bond acceptors (Lipinski definition) is 7. The lowest BCUT2D eigenvalue weighted by atomic mass is 9.93. The zero-order chi connectivity index (χ0) is 24.7. The summed E-state index contributed by atoms with van der Waals surface area (Å²) in [6.45, 7) is 3.81. The molecule has 10 nitrogen and oxygen atoms in total. The van der Waals surface area contributed by atoms with Crippen LogP contribution in [0.15, 0.2) is 53.7 Å². The number of hydrogen-bond donors (Lipinski definition) is 2. The van der Waals surface area contributed by atoms with Gasteiger partial charge < -0.3 is 24.8 Å². The normalized spacial score (nSPS) is 15.3. The number of rotatable bonds is 10. The quantitative estimate of drug-likeness (QED) is 0.304. The molecular formula is C24H27N3O7. The van der Waals surface area contributed by atoms with Gasteiger partial charge >= 0.3 is 17.7 Å². The fraction of sp³-hybridized carbons (Fsp3) is 0.333. The third-order valence-electron chi connectivity index (χ3n) is 5.18. The van der Waals surface area contributed by atoms with E-state index in [2.05, 4.69) is 10.6 Å². The summed E-state index contributed by atoms with van der Waals surface area (Å²) in [6, 6.07) is 10.5. The van der Waals surface area contributed by atoms with E-state index in [0.29, 0.717) is 24.1 Å². The summed E-state index contributed by atoms with van der Waals surface area (Å²) in [5.41, 5.74) is 1.38. The molecule has 0 fully saturated rings. The van der Waals surface area contributed by atoms with Gasteiger partial charge in [0.2, 0.25) is 5.75 Å². The topological polar surface area (TPSA) is 129 Å². The lowest BCUT2D eigenvalue weighted by molar-refractivity contribution is -0.386. The fourth-order valence-electron chi connectivity index (χ4n) is 3.70. The second-order valence-corrected chi connectivity index (χ2v) is 7.50. The Bertz CT molecular complexity index is 1100. The summed E-state index contributed by atoms with van der Waals surface area (Å²) in [5, 5.41) is 17.3. The molecule has 1 heterocycles. The average molecular weight is 469 g/mol. The molecule has 2 aromatic rings. The summed E-state index contributed by atoms with van der Waals surface area (Å²) in [7, 11) is 1.36. The Kier molecular flexibility index (Phi) is 8.07. The van der Waals surface area contributed by atoms with Crippen LogP contribution in [0.3, 0.4) is 0 Å². The van der Waals surface area contributed by atoms with Crippen molar-refractivity contribution in [2.24, 2.45) is 0 Å². The van der Waals surface area contributed by atoms with Gasteiger partial charge in [-0.25, -0.2) is 9.59 Å². The number of ether oxygens (including phenoxy) is 3. The summed E-state index contributed by atoms with van der Waals surface area (Å²) >= 11 is 0. The minimum Gasteiger partial charge on any atom is -0.493 e. The van der Waals surface area contributed by atoms with Crippen LogP contribution in [0.4, 0.5) is 10.5 Å². The van der Waals surface area contributed by atoms with Crippen molar-refractivity contribution in [2.75, 3.05) is 13.7 Å². The standard InChI is InChI=1S/C24H27N3O7/c1-4-9-17-20(23(28)33-5-2)21(26-24(29)25-17)16-12-18(27(30)31)22(19(13-16)32-3)34-14-15-10-7-6-8-11-15/h6-8,10-13,21H,4-5,9,14H2,1-3H3,(H2,25,26,29). The predicted octanol–water partition coefficient (Wildman–Crippen LogP) is 4.15. The SMILES string of the molecule is CCCC1=C(C(=O)OCC)C(c2cc(OC)c(OCc3ccccc3)c([N+](=O)[O-])c2)NC(=O)N1. The van der Waals surface area contributed by atoms with Gasteiger partial charge in [0.1, 0.15) is 6.61 Å². The number of nitro groups is 1. The molecular weight excluding hydrogens is 442 g/mol. The zero-order valence-corrected chi connectivity index (χ0v) is 19.3. The Morgan fingerprint density at radius 2 is 1.91 bits per heavy atom. The van der Waals surface area contributed by atoms with Gasteiger partial charge in [-0.15, -0.1) is 0 Å². The Balaban J connectivity index is 2.09. The van der Waals surface area contributed by atoms with Crippen LogP contribution in [0.2, 0.25) is 0 Å². The van der Waals surface area contributed by atoms with Crippen LogP contribution in [0.1, 0.15) is 43.9 Å². The van der Waals surface area contributed by atoms with Crippen LogP contribution < -0.4 is 20.1 Å². The average Bonchev–Trinajstić information content (AvgIpc) is 2.82. The van der Waals surface area contributed by atoms with E-state index in [1.54, 1.807) is 6.92 Å². The van der Waals surface area contributed by atoms with Crippen LogP contribution in [-0.4, -0.2) is 30.6 Å². The van der Waals surface area contributed by atoms with E-state index in [9.17, 15) is 19.7 Å². The molecule has 0 aliphatic carbocycles. The highest BCUT2D eigenvalue weighted by Gasteiger charge is 2.35. The number of urea groups is 1. The van der Waals surface area contributed by atoms with Crippen LogP contribution in [0, 0.1) is 10.1 Å². The van der Waals surface area contributed by atoms with Gasteiger partial charge in [0, 0.05) is 11.8 Å². The van der Waals surface area contributed by atoms with E-state index in [4.69, 9.17) is 14.2 Å². The molecule has 10 heteroatoms. The van der Waals surface area contributed by atoms with Crippen LogP contribution in [0.5, 0.6) is 11.5 Å². The lowest BCUT2D eigenvalue weighted by Gasteiger charge is -2.29. The van der Waals surface area contributed by atoms with Crippen molar-refractivity contribution in [3.63, 3.8) is 0 Å². The largest absolute Gasteiger partial charge is 0.493 e. The Labute approximate surface area is 197 Å². The van der Waals surface area contributed by atoms with Crippen molar-refractivity contribution in [3.8, 4) is 11.5 Å². The van der Waals surface area contributed by atoms with Gasteiger partial charge in [0.25, 0.3) is 0 Å². The monoisotopic (exact) mass is 469 g/mol. The van der Waals surface area contributed by atoms with Crippen LogP contribution in [-0.2, 0) is 16.1 Å². The fourth-order valence-corrected chi connectivity index (χ4v) is 3.70. The number of allylic oxidation sites excluding steroid dienone is 1. The molecule has 2 aromatic carbocycles. The Morgan fingerprint density at radius 3 is 2.53 bits per heavy atom. The van der Waals surface area contributed by atoms with Crippen molar-refractivity contribution in [1.82, 2.24) is 10.6 Å². The summed E-state index contributed by atoms with van der Waals surface area (Å²) < 4.78 is 16.4. The molecule has 0 spiro atoms. The smallest absolute Gasteiger partial charge is 0.338 e. The minimum atomic E-state index is -0.967. The number of nitrogens with one attached hydrogen (secondary N) is 2. The van der Waals surface area contributed by atoms with E-state index in [1.165, 1.54) is 19.2 Å². The maximum atomic E-state index is 12.8. The molecule has 1 unspecified atom stereocenters. The number of carbonyl (C=O) groups excluding carboxylic acids is 2. The predicted molar refractivity (Wildman–Crippen MR) is 123 cm³/mol. The van der Waals surface area contributed by atoms with Crippen LogP contribution >= 0.6 is 0 Å². The van der Waals surface area contributed by atoms with E-state index >= 15 is 0 Å². The van der Waals surface area contributed by atoms with Crippen molar-refractivity contribution in [3.05, 3.63) is 75.0 Å². The molecule has 2 N–H and O–H groups in total. The highest BCUT2D eigenvalue weighted by atomic mass is 16.6. The molecule has 0 aromatic heterocycles. The molecule has 0 radical (unpaired) electrons. The lowest BCUT2D eigenvalue weighted by Crippen LogP contribution is -2.46. The molecule has 1 aliphatic rings. The first-order valence-electron chi connectivity index (χ1n) is 10.9. The number of amides is 2. The summed E-state index contributed by atoms with van der Waals surface area (Å²) in [4.78, 5) is 36.5. The second kappa shape index (κ2) is 11.2. The third kappa shape index (κ3) is 5.45. The van der Waals surface area contributed by atoms with Gasteiger partial charge in [0.15, 0.2) is 5.75 Å². The van der Waals surface area contributed by atoms with Crippen molar-refractivity contribution >= 4 is 17.7 Å². The molecule has 3 rings (SSSR count). The number of carbonyl (C=O) groups is 2. The number of nitro benzene ring substituents is 1. The second-order valence-electron chi connectivity index (χ2n) is 7.50. The van der Waals surface area contributed by atoms with Crippen molar-refractivity contribution in [1.29, 1.82) is 0 Å². The number of benzene rings is 2. The van der Waals surface area contributed by atoms with Gasteiger partial charge in [-0.3, -0.25) is 10.1 Å². The van der Waals surface area contributed by atoms with Crippen molar-refractivity contribution in [2.45, 2.75) is 39.3 Å². The van der Waals surface area contributed by atoms with Crippen LogP contribution in [0.25, 0.3) is 0 Å². The van der Waals surface area contributed by atoms with Gasteiger partial charge in [-0.2, -0.15) is 0 Å². The first-order valence-corrected chi connectivity index (χ1v) is 10.9. The Hall–Kier alpha value is -4.08. The summed E-state index contributed by atoms with van der Waals surface area (Å²) in [5.74, 6) is -0.557. The van der Waals surface area contributed by atoms with E-state index in [-0.39, 0.29) is 36.0 Å². The number of esters is 1. The number of nitrogens with zero attached hydrogens (tertiary/aromatic N) is 1. The highest BCUT2D eigenvalue weighted by Crippen LogP contribution is 2.42. The third-order valence-corrected chi connectivity index (χ3v) is 5.18. The van der Waals surface area contributed by atoms with Gasteiger partial charge in [-0.05, 0) is 30.5 Å². The highest BCUT2D eigenvalue weighted by molar-refractivity contribution is 5.95. The first-order chi connectivity index (χ1) is 16.4. The number of methoxy groups -OCH3 is 1. The van der Waals surface area contributed by atoms with Crippen molar-refractivity contribution < 1.29 is 28.7 Å². The molecule has 34 heavy (non-hydrogen) atoms. The molecule has 0 bridgehead atoms. The van der Waals surface area contributed by atoms with E-state index in [1.807, 2.05) is 37.3 Å².